The summed E-state index contributed by atoms with van der Waals surface area (Å²) in [6.07, 6.45) is 1.56. The number of anilines is 1. The minimum Gasteiger partial charge on any atom is -0.423 e. The Hall–Kier alpha value is -1.79. The van der Waals surface area contributed by atoms with Gasteiger partial charge in [-0.1, -0.05) is 11.6 Å². The summed E-state index contributed by atoms with van der Waals surface area (Å²) in [5, 5.41) is 3.57. The third kappa shape index (κ3) is 3.99. The second-order valence-electron chi connectivity index (χ2n) is 6.81. The summed E-state index contributed by atoms with van der Waals surface area (Å²) < 4.78 is 10.9. The van der Waals surface area contributed by atoms with E-state index in [1.54, 1.807) is 23.1 Å². The highest BCUT2D eigenvalue weighted by Gasteiger charge is 2.31. The zero-order chi connectivity index (χ0) is 17.3. The molecule has 0 radical (unpaired) electrons. The van der Waals surface area contributed by atoms with Gasteiger partial charge in [-0.25, -0.2) is 4.79 Å². The lowest BCUT2D eigenvalue weighted by molar-refractivity contribution is -0.133. The lowest BCUT2D eigenvalue weighted by Gasteiger charge is -2.36. The van der Waals surface area contributed by atoms with Crippen LogP contribution in [0.3, 0.4) is 0 Å². The molecule has 3 rings (SSSR count). The van der Waals surface area contributed by atoms with E-state index in [4.69, 9.17) is 21.1 Å². The van der Waals surface area contributed by atoms with Crippen molar-refractivity contribution in [3.63, 3.8) is 0 Å². The van der Waals surface area contributed by atoms with Gasteiger partial charge in [0.25, 0.3) is 0 Å². The molecular weight excluding hydrogens is 332 g/mol. The van der Waals surface area contributed by atoms with Crippen molar-refractivity contribution in [1.29, 1.82) is 0 Å². The van der Waals surface area contributed by atoms with Gasteiger partial charge in [0.2, 0.25) is 5.91 Å². The predicted octanol–water partition coefficient (Wildman–Crippen LogP) is 2.14. The highest BCUT2D eigenvalue weighted by atomic mass is 35.5. The highest BCUT2D eigenvalue weighted by molar-refractivity contribution is 6.31. The summed E-state index contributed by atoms with van der Waals surface area (Å²) in [6.45, 7) is 4.78. The maximum atomic E-state index is 12.4. The van der Waals surface area contributed by atoms with Crippen molar-refractivity contribution in [2.24, 2.45) is 0 Å². The van der Waals surface area contributed by atoms with Gasteiger partial charge in [0.15, 0.2) is 5.75 Å². The number of rotatable bonds is 3. The fourth-order valence-electron chi connectivity index (χ4n) is 3.16. The van der Waals surface area contributed by atoms with Gasteiger partial charge >= 0.3 is 5.97 Å². The zero-order valence-electron chi connectivity index (χ0n) is 13.8. The topological polar surface area (TPSA) is 67.9 Å². The summed E-state index contributed by atoms with van der Waals surface area (Å²) in [5.74, 6) is -0.0844. The average Bonchev–Trinajstić information content (AvgIpc) is 2.46. The molecule has 1 amide bonds. The standard InChI is InChI=1S/C17H21ClN2O4/c1-17(2)8-12(5-6-23-17)19-15(21)9-20-10-16(22)24-14-4-3-11(18)7-13(14)20/h3-4,7,12H,5-6,8-10H2,1-2H3,(H,19,21)/t12-/m1/s1. The maximum Gasteiger partial charge on any atom is 0.331 e. The molecular formula is C17H21ClN2O4. The van der Waals surface area contributed by atoms with Crippen LogP contribution < -0.4 is 15.0 Å². The van der Waals surface area contributed by atoms with Gasteiger partial charge in [-0.3, -0.25) is 4.79 Å². The molecule has 0 aromatic heterocycles. The number of nitrogens with zero attached hydrogens (tertiary/aromatic N) is 1. The van der Waals surface area contributed by atoms with E-state index in [1.165, 1.54) is 0 Å². The monoisotopic (exact) mass is 352 g/mol. The van der Waals surface area contributed by atoms with E-state index in [2.05, 4.69) is 5.32 Å². The third-order valence-corrected chi connectivity index (χ3v) is 4.44. The fourth-order valence-corrected chi connectivity index (χ4v) is 3.33. The number of fused-ring (bicyclic) bond motifs is 1. The number of nitrogens with one attached hydrogen (secondary N) is 1. The first-order valence-corrected chi connectivity index (χ1v) is 8.39. The van der Waals surface area contributed by atoms with Gasteiger partial charge in [-0.15, -0.1) is 0 Å². The highest BCUT2D eigenvalue weighted by Crippen LogP contribution is 2.34. The van der Waals surface area contributed by atoms with Crippen LogP contribution in [0.25, 0.3) is 0 Å². The molecule has 2 aliphatic heterocycles. The van der Waals surface area contributed by atoms with Crippen LogP contribution in [0.2, 0.25) is 5.02 Å². The van der Waals surface area contributed by atoms with Gasteiger partial charge in [0.05, 0.1) is 17.8 Å². The Morgan fingerprint density at radius 1 is 1.46 bits per heavy atom. The van der Waals surface area contributed by atoms with Crippen molar-refractivity contribution < 1.29 is 19.1 Å². The number of hydrogen-bond acceptors (Lipinski definition) is 5. The van der Waals surface area contributed by atoms with Crippen LogP contribution in [0.4, 0.5) is 5.69 Å². The van der Waals surface area contributed by atoms with Gasteiger partial charge in [0.1, 0.15) is 6.54 Å². The van der Waals surface area contributed by atoms with Crippen LogP contribution in [0.1, 0.15) is 26.7 Å². The van der Waals surface area contributed by atoms with Crippen molar-refractivity contribution in [2.75, 3.05) is 24.6 Å². The first-order valence-electron chi connectivity index (χ1n) is 8.01. The van der Waals surface area contributed by atoms with E-state index in [-0.39, 0.29) is 36.6 Å². The predicted molar refractivity (Wildman–Crippen MR) is 90.5 cm³/mol. The maximum absolute atomic E-state index is 12.4. The van der Waals surface area contributed by atoms with Crippen molar-refractivity contribution >= 4 is 29.2 Å². The quantitative estimate of drug-likeness (QED) is 0.666. The Kier molecular flexibility index (Phi) is 4.69. The van der Waals surface area contributed by atoms with Gasteiger partial charge in [-0.05, 0) is 44.9 Å². The van der Waals surface area contributed by atoms with Crippen LogP contribution in [0.5, 0.6) is 5.75 Å². The molecule has 0 bridgehead atoms. The summed E-state index contributed by atoms with van der Waals surface area (Å²) >= 11 is 6.02. The number of amides is 1. The van der Waals surface area contributed by atoms with Crippen molar-refractivity contribution in [3.05, 3.63) is 23.2 Å². The molecule has 1 fully saturated rings. The fraction of sp³-hybridized carbons (Fsp3) is 0.529. The first kappa shape index (κ1) is 17.0. The smallest absolute Gasteiger partial charge is 0.331 e. The molecule has 0 aliphatic carbocycles. The number of carbonyl (C=O) groups excluding carboxylic acids is 2. The third-order valence-electron chi connectivity index (χ3n) is 4.20. The van der Waals surface area contributed by atoms with Crippen LogP contribution in [-0.2, 0) is 14.3 Å². The minimum atomic E-state index is -0.384. The molecule has 6 nitrogen and oxygen atoms in total. The minimum absolute atomic E-state index is 0.0278. The van der Waals surface area contributed by atoms with E-state index in [9.17, 15) is 9.59 Å². The number of hydrogen-bond donors (Lipinski definition) is 1. The SMILES string of the molecule is CC1(C)C[C@H](NC(=O)CN2CC(=O)Oc3ccc(Cl)cc32)CCO1. The summed E-state index contributed by atoms with van der Waals surface area (Å²) in [7, 11) is 0. The molecule has 130 valence electrons. The summed E-state index contributed by atoms with van der Waals surface area (Å²) in [4.78, 5) is 25.8. The molecule has 1 aromatic carbocycles. The molecule has 0 saturated carbocycles. The van der Waals surface area contributed by atoms with E-state index >= 15 is 0 Å². The number of esters is 1. The van der Waals surface area contributed by atoms with E-state index in [1.807, 2.05) is 13.8 Å². The first-order chi connectivity index (χ1) is 11.3. The lowest BCUT2D eigenvalue weighted by Crippen LogP contribution is -2.49. The van der Waals surface area contributed by atoms with Crippen LogP contribution >= 0.6 is 11.6 Å². The normalized spacial score (nSPS) is 22.5. The van der Waals surface area contributed by atoms with Gasteiger partial charge in [-0.2, -0.15) is 0 Å². The number of ether oxygens (including phenoxy) is 2. The molecule has 0 spiro atoms. The van der Waals surface area contributed by atoms with Crippen molar-refractivity contribution in [1.82, 2.24) is 5.32 Å². The Balaban J connectivity index is 1.66. The van der Waals surface area contributed by atoms with E-state index < -0.39 is 0 Å². The number of carbonyl (C=O) groups is 2. The molecule has 1 aromatic rings. The van der Waals surface area contributed by atoms with Crippen LogP contribution in [0.15, 0.2) is 18.2 Å². The molecule has 2 heterocycles. The summed E-state index contributed by atoms with van der Waals surface area (Å²) in [6, 6.07) is 5.08. The molecule has 1 N–H and O–H groups in total. The van der Waals surface area contributed by atoms with Gasteiger partial charge in [0, 0.05) is 17.7 Å². The Bertz CT molecular complexity index is 662. The Morgan fingerprint density at radius 2 is 2.25 bits per heavy atom. The molecule has 7 heteroatoms. The number of halogens is 1. The Labute approximate surface area is 146 Å². The Morgan fingerprint density at radius 3 is 3.00 bits per heavy atom. The van der Waals surface area contributed by atoms with Gasteiger partial charge < -0.3 is 19.7 Å². The van der Waals surface area contributed by atoms with E-state index in [0.29, 0.717) is 23.1 Å². The lowest BCUT2D eigenvalue weighted by atomic mass is 9.94. The van der Waals surface area contributed by atoms with Crippen LogP contribution in [0, 0.1) is 0 Å². The molecule has 24 heavy (non-hydrogen) atoms. The largest absolute Gasteiger partial charge is 0.423 e. The second kappa shape index (κ2) is 6.61. The van der Waals surface area contributed by atoms with Crippen molar-refractivity contribution in [2.45, 2.75) is 38.3 Å². The molecule has 2 aliphatic rings. The molecule has 1 atom stereocenters. The molecule has 1 saturated heterocycles. The molecule has 0 unspecified atom stereocenters. The average molecular weight is 353 g/mol. The van der Waals surface area contributed by atoms with E-state index in [0.717, 1.165) is 12.8 Å². The second-order valence-corrected chi connectivity index (χ2v) is 7.24. The number of benzene rings is 1. The van der Waals surface area contributed by atoms with Crippen molar-refractivity contribution in [3.8, 4) is 5.75 Å². The van der Waals surface area contributed by atoms with Crippen LogP contribution in [-0.4, -0.2) is 43.2 Å². The zero-order valence-corrected chi connectivity index (χ0v) is 14.6. The summed E-state index contributed by atoms with van der Waals surface area (Å²) in [5.41, 5.74) is 0.426.